The van der Waals surface area contributed by atoms with Gasteiger partial charge in [-0.2, -0.15) is 13.2 Å². The molecule has 2 atom stereocenters. The Morgan fingerprint density at radius 3 is 2.80 bits per heavy atom. The molecule has 1 aromatic heterocycles. The zero-order valence-electron chi connectivity index (χ0n) is 23.6. The summed E-state index contributed by atoms with van der Waals surface area (Å²) >= 11 is 1.40. The van der Waals surface area contributed by atoms with Crippen LogP contribution in [0, 0.1) is 0 Å². The summed E-state index contributed by atoms with van der Waals surface area (Å²) in [5, 5.41) is 9.43. The summed E-state index contributed by atoms with van der Waals surface area (Å²) in [6, 6.07) is 12.3. The number of halogens is 3. The molecule has 2 unspecified atom stereocenters. The van der Waals surface area contributed by atoms with Gasteiger partial charge in [0.15, 0.2) is 5.13 Å². The van der Waals surface area contributed by atoms with E-state index >= 15 is 0 Å². The number of amides is 2. The third-order valence-electron chi connectivity index (χ3n) is 7.25. The number of nitrogens with zero attached hydrogens (tertiary/aromatic N) is 2. The molecule has 15 heteroatoms. The summed E-state index contributed by atoms with van der Waals surface area (Å²) in [5.74, 6) is -3.63. The summed E-state index contributed by atoms with van der Waals surface area (Å²) < 4.78 is 53.1. The van der Waals surface area contributed by atoms with Crippen molar-refractivity contribution in [2.75, 3.05) is 35.3 Å². The summed E-state index contributed by atoms with van der Waals surface area (Å²) in [4.78, 5) is 43.6. The van der Waals surface area contributed by atoms with Gasteiger partial charge in [-0.1, -0.05) is 23.5 Å². The highest BCUT2D eigenvalue weighted by Crippen LogP contribution is 2.36. The van der Waals surface area contributed by atoms with Crippen LogP contribution in [0.5, 0.6) is 5.75 Å². The van der Waals surface area contributed by atoms with Gasteiger partial charge in [0.05, 0.1) is 30.6 Å². The number of anilines is 4. The lowest BCUT2D eigenvalue weighted by Gasteiger charge is -2.35. The fourth-order valence-electron chi connectivity index (χ4n) is 5.28. The highest BCUT2D eigenvalue weighted by atomic mass is 32.1. The van der Waals surface area contributed by atoms with E-state index in [1.54, 1.807) is 6.07 Å². The number of ether oxygens (including phenoxy) is 3. The smallest absolute Gasteiger partial charge is 0.444 e. The molecule has 0 saturated carbocycles. The van der Waals surface area contributed by atoms with Crippen LogP contribution in [0.3, 0.4) is 0 Å². The Kier molecular flexibility index (Phi) is 7.61. The maximum Gasteiger partial charge on any atom is 0.491 e. The number of nitrogens with one attached hydrogen (secondary N) is 3. The molecule has 1 fully saturated rings. The van der Waals surface area contributed by atoms with Crippen LogP contribution in [-0.4, -0.2) is 66.6 Å². The lowest BCUT2D eigenvalue weighted by Crippen LogP contribution is -2.48. The Hall–Kier alpha value is -4.37. The number of rotatable bonds is 6. The minimum atomic E-state index is -5.27. The quantitative estimate of drug-likeness (QED) is 0.343. The van der Waals surface area contributed by atoms with E-state index in [1.807, 2.05) is 38.1 Å². The standard InChI is InChI=1S/C29H28F3N5O6S/c1-28(2)13-20-22(23(38)36-28)44-27(35-20)37-8-9-41-14-18(37)11-15-4-3-5-16(10-15)33-17-6-7-19-21(12-17)42-25(24(39)34-19)43-26(40)29(30,31)32/h3-7,10,12,18,25,33H,8-9,11,13-14H2,1-2H3,(H,34,39)(H,36,38). The van der Waals surface area contributed by atoms with Gasteiger partial charge in [0, 0.05) is 35.9 Å². The average molecular weight is 632 g/mol. The van der Waals surface area contributed by atoms with Crippen LogP contribution < -0.4 is 25.6 Å². The van der Waals surface area contributed by atoms with Crippen LogP contribution in [0.15, 0.2) is 42.5 Å². The highest BCUT2D eigenvalue weighted by Gasteiger charge is 2.45. The number of hydrogen-bond donors (Lipinski definition) is 3. The van der Waals surface area contributed by atoms with Gasteiger partial charge in [-0.25, -0.2) is 9.78 Å². The molecule has 44 heavy (non-hydrogen) atoms. The van der Waals surface area contributed by atoms with Crippen molar-refractivity contribution in [1.29, 1.82) is 0 Å². The molecular formula is C29H28F3N5O6S. The van der Waals surface area contributed by atoms with E-state index in [2.05, 4.69) is 25.6 Å². The number of morpholine rings is 1. The topological polar surface area (TPSA) is 131 Å². The van der Waals surface area contributed by atoms with Gasteiger partial charge < -0.3 is 35.1 Å². The number of carbonyl (C=O) groups is 3. The van der Waals surface area contributed by atoms with Gasteiger partial charge in [0.25, 0.3) is 5.91 Å². The number of thiazole rings is 1. The zero-order chi connectivity index (χ0) is 31.2. The SMILES string of the molecule is CC1(C)Cc2nc(N3CCOCC3Cc3cccc(Nc4ccc5c(c4)OC(OC(=O)C(F)(F)F)C(=O)N5)c3)sc2C(=O)N1. The molecule has 2 amide bonds. The maximum atomic E-state index is 12.7. The molecule has 6 rings (SSSR count). The first-order valence-electron chi connectivity index (χ1n) is 13.8. The van der Waals surface area contributed by atoms with Crippen molar-refractivity contribution in [3.63, 3.8) is 0 Å². The van der Waals surface area contributed by atoms with E-state index in [1.165, 1.54) is 23.5 Å². The summed E-state index contributed by atoms with van der Waals surface area (Å²) in [6.45, 7) is 5.65. The molecule has 3 N–H and O–H groups in total. The Morgan fingerprint density at radius 2 is 2.00 bits per heavy atom. The van der Waals surface area contributed by atoms with Gasteiger partial charge in [-0.3, -0.25) is 9.59 Å². The van der Waals surface area contributed by atoms with E-state index in [4.69, 9.17) is 14.5 Å². The average Bonchev–Trinajstić information content (AvgIpc) is 3.37. The second-order valence-corrected chi connectivity index (χ2v) is 12.3. The van der Waals surface area contributed by atoms with Crippen LogP contribution in [0.2, 0.25) is 0 Å². The van der Waals surface area contributed by atoms with Gasteiger partial charge in [0.2, 0.25) is 0 Å². The molecule has 2 aromatic carbocycles. The minimum Gasteiger partial charge on any atom is -0.444 e. The minimum absolute atomic E-state index is 0.0141. The molecular weight excluding hydrogens is 603 g/mol. The molecule has 1 saturated heterocycles. The van der Waals surface area contributed by atoms with Crippen molar-refractivity contribution < 1.29 is 41.8 Å². The molecule has 0 aliphatic carbocycles. The number of aromatic nitrogens is 1. The largest absolute Gasteiger partial charge is 0.491 e. The fraction of sp³-hybridized carbons (Fsp3) is 0.379. The Balaban J connectivity index is 1.15. The first kappa shape index (κ1) is 29.7. The Morgan fingerprint density at radius 1 is 1.20 bits per heavy atom. The molecule has 3 aromatic rings. The van der Waals surface area contributed by atoms with Gasteiger partial charge in [-0.15, -0.1) is 0 Å². The number of carbonyl (C=O) groups excluding carboxylic acids is 3. The predicted octanol–water partition coefficient (Wildman–Crippen LogP) is 4.16. The van der Waals surface area contributed by atoms with E-state index in [9.17, 15) is 27.6 Å². The second kappa shape index (κ2) is 11.3. The maximum absolute atomic E-state index is 12.7. The number of benzene rings is 2. The lowest BCUT2D eigenvalue weighted by atomic mass is 9.94. The zero-order valence-corrected chi connectivity index (χ0v) is 24.4. The van der Waals surface area contributed by atoms with Crippen LogP contribution in [0.1, 0.15) is 34.8 Å². The van der Waals surface area contributed by atoms with E-state index in [0.717, 1.165) is 22.1 Å². The monoisotopic (exact) mass is 631 g/mol. The molecule has 0 spiro atoms. The summed E-state index contributed by atoms with van der Waals surface area (Å²) in [5.41, 5.74) is 2.94. The van der Waals surface area contributed by atoms with E-state index in [0.29, 0.717) is 43.2 Å². The summed E-state index contributed by atoms with van der Waals surface area (Å²) in [6.07, 6.45) is -6.05. The first-order chi connectivity index (χ1) is 20.8. The fourth-order valence-corrected chi connectivity index (χ4v) is 6.36. The normalized spacial score (nSPS) is 20.9. The Bertz CT molecular complexity index is 1630. The number of fused-ring (bicyclic) bond motifs is 2. The number of hydrogen-bond acceptors (Lipinski definition) is 10. The first-order valence-corrected chi connectivity index (χ1v) is 14.6. The van der Waals surface area contributed by atoms with Crippen molar-refractivity contribution in [2.24, 2.45) is 0 Å². The van der Waals surface area contributed by atoms with Gasteiger partial charge in [0.1, 0.15) is 10.6 Å². The molecule has 4 heterocycles. The Labute approximate surface area is 253 Å². The third kappa shape index (κ3) is 6.28. The molecule has 0 radical (unpaired) electrons. The van der Waals surface area contributed by atoms with E-state index in [-0.39, 0.29) is 28.9 Å². The van der Waals surface area contributed by atoms with Crippen molar-refractivity contribution >= 4 is 51.3 Å². The highest BCUT2D eigenvalue weighted by molar-refractivity contribution is 7.17. The summed E-state index contributed by atoms with van der Waals surface area (Å²) in [7, 11) is 0. The van der Waals surface area contributed by atoms with E-state index < -0.39 is 24.3 Å². The van der Waals surface area contributed by atoms with Crippen molar-refractivity contribution in [2.45, 2.75) is 50.7 Å². The number of alkyl halides is 3. The predicted molar refractivity (Wildman–Crippen MR) is 154 cm³/mol. The van der Waals surface area contributed by atoms with Crippen LogP contribution in [0.4, 0.5) is 35.4 Å². The van der Waals surface area contributed by atoms with Crippen molar-refractivity contribution in [1.82, 2.24) is 10.3 Å². The molecule has 3 aliphatic rings. The molecule has 232 valence electrons. The van der Waals surface area contributed by atoms with Gasteiger partial charge in [-0.05, 0) is 50.1 Å². The third-order valence-corrected chi connectivity index (χ3v) is 8.38. The number of esters is 1. The molecule has 11 nitrogen and oxygen atoms in total. The molecule has 0 bridgehead atoms. The van der Waals surface area contributed by atoms with Crippen molar-refractivity contribution in [3.05, 3.63) is 58.6 Å². The second-order valence-electron chi connectivity index (χ2n) is 11.3. The van der Waals surface area contributed by atoms with Crippen LogP contribution in [0.25, 0.3) is 0 Å². The van der Waals surface area contributed by atoms with Crippen LogP contribution >= 0.6 is 11.3 Å². The van der Waals surface area contributed by atoms with Crippen LogP contribution in [-0.2, 0) is 31.9 Å². The lowest BCUT2D eigenvalue weighted by molar-refractivity contribution is -0.215. The van der Waals surface area contributed by atoms with Crippen molar-refractivity contribution in [3.8, 4) is 5.75 Å². The van der Waals surface area contributed by atoms with Gasteiger partial charge >= 0.3 is 24.3 Å². The molecule has 3 aliphatic heterocycles.